The number of hydrogen-bond donors (Lipinski definition) is 3. The van der Waals surface area contributed by atoms with E-state index in [0.29, 0.717) is 12.5 Å². The van der Waals surface area contributed by atoms with Crippen molar-refractivity contribution in [1.82, 2.24) is 15.5 Å². The quantitative estimate of drug-likeness (QED) is 0.605. The number of urea groups is 1. The molecular weight excluding hydrogens is 262 g/mol. The average molecular weight is 287 g/mol. The highest BCUT2D eigenvalue weighted by Gasteiger charge is 2.18. The van der Waals surface area contributed by atoms with Crippen molar-refractivity contribution in [2.75, 3.05) is 27.2 Å². The molecule has 0 rings (SSSR count). The molecule has 0 aromatic rings. The molecule has 1 unspecified atom stereocenters. The highest BCUT2D eigenvalue weighted by Crippen LogP contribution is 2.14. The number of aliphatic carboxylic acids is 1. The van der Waals surface area contributed by atoms with Crippen LogP contribution in [0.15, 0.2) is 0 Å². The predicted molar refractivity (Wildman–Crippen MR) is 75.3 cm³/mol. The average Bonchev–Trinajstić information content (AvgIpc) is 2.33. The molecular formula is C13H25N3O4. The van der Waals surface area contributed by atoms with Crippen LogP contribution in [0, 0.1) is 11.8 Å². The van der Waals surface area contributed by atoms with Crippen molar-refractivity contribution in [2.45, 2.75) is 26.7 Å². The van der Waals surface area contributed by atoms with Gasteiger partial charge >= 0.3 is 12.0 Å². The van der Waals surface area contributed by atoms with Crippen molar-refractivity contribution in [3.63, 3.8) is 0 Å². The third-order valence-electron chi connectivity index (χ3n) is 2.82. The van der Waals surface area contributed by atoms with Gasteiger partial charge in [0, 0.05) is 27.1 Å². The van der Waals surface area contributed by atoms with Gasteiger partial charge in [-0.2, -0.15) is 0 Å². The molecule has 7 nitrogen and oxygen atoms in total. The Kier molecular flexibility index (Phi) is 8.35. The Morgan fingerprint density at radius 2 is 1.85 bits per heavy atom. The van der Waals surface area contributed by atoms with Gasteiger partial charge in [-0.05, 0) is 18.3 Å². The van der Waals surface area contributed by atoms with Gasteiger partial charge in [0.25, 0.3) is 0 Å². The first kappa shape index (κ1) is 18.2. The third kappa shape index (κ3) is 8.34. The Bertz CT molecular complexity index is 345. The second-order valence-corrected chi connectivity index (χ2v) is 5.31. The van der Waals surface area contributed by atoms with Crippen molar-refractivity contribution in [2.24, 2.45) is 11.8 Å². The molecule has 0 heterocycles. The summed E-state index contributed by atoms with van der Waals surface area (Å²) in [6.45, 7) is 4.28. The van der Waals surface area contributed by atoms with Gasteiger partial charge in [-0.3, -0.25) is 9.59 Å². The fourth-order valence-corrected chi connectivity index (χ4v) is 1.89. The molecule has 0 radical (unpaired) electrons. The summed E-state index contributed by atoms with van der Waals surface area (Å²) in [7, 11) is 3.01. The normalized spacial score (nSPS) is 11.8. The molecule has 0 aliphatic rings. The molecule has 0 saturated heterocycles. The molecule has 0 aliphatic heterocycles. The monoisotopic (exact) mass is 287 g/mol. The lowest BCUT2D eigenvalue weighted by Crippen LogP contribution is -2.44. The predicted octanol–water partition coefficient (Wildman–Crippen LogP) is 0.511. The fraction of sp³-hybridized carbons (Fsp3) is 0.769. The third-order valence-corrected chi connectivity index (χ3v) is 2.82. The summed E-state index contributed by atoms with van der Waals surface area (Å²) < 4.78 is 0. The smallest absolute Gasteiger partial charge is 0.317 e. The Balaban J connectivity index is 4.27. The minimum absolute atomic E-state index is 0.0254. The van der Waals surface area contributed by atoms with Crippen LogP contribution in [-0.4, -0.2) is 55.1 Å². The van der Waals surface area contributed by atoms with E-state index in [-0.39, 0.29) is 30.8 Å². The zero-order chi connectivity index (χ0) is 15.7. The van der Waals surface area contributed by atoms with Crippen LogP contribution in [0.5, 0.6) is 0 Å². The summed E-state index contributed by atoms with van der Waals surface area (Å²) >= 11 is 0. The van der Waals surface area contributed by atoms with Crippen LogP contribution in [0.4, 0.5) is 4.79 Å². The van der Waals surface area contributed by atoms with Crippen LogP contribution >= 0.6 is 0 Å². The number of nitrogens with one attached hydrogen (secondary N) is 2. The standard InChI is InChI=1S/C13H25N3O4/c1-9(2)5-10(6-12(18)19)7-15-13(20)16(4)8-11(17)14-3/h9-10H,5-8H2,1-4H3,(H,14,17)(H,15,20)(H,18,19). The number of nitrogens with zero attached hydrogens (tertiary/aromatic N) is 1. The van der Waals surface area contributed by atoms with Crippen molar-refractivity contribution in [3.8, 4) is 0 Å². The number of hydrogen-bond acceptors (Lipinski definition) is 3. The van der Waals surface area contributed by atoms with Crippen LogP contribution in [0.25, 0.3) is 0 Å². The van der Waals surface area contributed by atoms with Gasteiger partial charge in [0.2, 0.25) is 5.91 Å². The van der Waals surface area contributed by atoms with Crippen LogP contribution in [-0.2, 0) is 9.59 Å². The molecule has 3 N–H and O–H groups in total. The molecule has 116 valence electrons. The lowest BCUT2D eigenvalue weighted by atomic mass is 9.94. The highest BCUT2D eigenvalue weighted by molar-refractivity contribution is 5.83. The van der Waals surface area contributed by atoms with Gasteiger partial charge in [0.05, 0.1) is 0 Å². The molecule has 0 aromatic carbocycles. The molecule has 3 amide bonds. The Labute approximate surface area is 119 Å². The Hall–Kier alpha value is -1.79. The van der Waals surface area contributed by atoms with Gasteiger partial charge in [-0.15, -0.1) is 0 Å². The zero-order valence-electron chi connectivity index (χ0n) is 12.6. The number of carboxylic acids is 1. The maximum Gasteiger partial charge on any atom is 0.317 e. The number of amides is 3. The first-order valence-corrected chi connectivity index (χ1v) is 6.67. The fourth-order valence-electron chi connectivity index (χ4n) is 1.89. The molecule has 0 fully saturated rings. The second-order valence-electron chi connectivity index (χ2n) is 5.31. The lowest BCUT2D eigenvalue weighted by Gasteiger charge is -2.21. The van der Waals surface area contributed by atoms with Crippen LogP contribution < -0.4 is 10.6 Å². The van der Waals surface area contributed by atoms with E-state index in [2.05, 4.69) is 10.6 Å². The summed E-state index contributed by atoms with van der Waals surface area (Å²) in [5.41, 5.74) is 0. The van der Waals surface area contributed by atoms with Crippen LogP contribution in [0.1, 0.15) is 26.7 Å². The van der Waals surface area contributed by atoms with Gasteiger partial charge in [0.15, 0.2) is 0 Å². The molecule has 0 spiro atoms. The number of carbonyl (C=O) groups is 3. The maximum atomic E-state index is 11.8. The molecule has 0 aliphatic carbocycles. The van der Waals surface area contributed by atoms with Crippen molar-refractivity contribution >= 4 is 17.9 Å². The van der Waals surface area contributed by atoms with E-state index >= 15 is 0 Å². The zero-order valence-corrected chi connectivity index (χ0v) is 12.6. The number of carbonyl (C=O) groups excluding carboxylic acids is 2. The van der Waals surface area contributed by atoms with E-state index in [1.165, 1.54) is 19.0 Å². The molecule has 0 bridgehead atoms. The molecule has 0 aromatic heterocycles. The lowest BCUT2D eigenvalue weighted by molar-refractivity contribution is -0.138. The van der Waals surface area contributed by atoms with E-state index in [4.69, 9.17) is 5.11 Å². The van der Waals surface area contributed by atoms with E-state index < -0.39 is 5.97 Å². The first-order chi connectivity index (χ1) is 9.26. The minimum atomic E-state index is -0.872. The number of rotatable bonds is 8. The van der Waals surface area contributed by atoms with Gasteiger partial charge in [-0.25, -0.2) is 4.79 Å². The topological polar surface area (TPSA) is 98.7 Å². The largest absolute Gasteiger partial charge is 0.481 e. The highest BCUT2D eigenvalue weighted by atomic mass is 16.4. The Morgan fingerprint density at radius 1 is 1.25 bits per heavy atom. The Morgan fingerprint density at radius 3 is 2.30 bits per heavy atom. The summed E-state index contributed by atoms with van der Waals surface area (Å²) in [6, 6.07) is -0.382. The van der Waals surface area contributed by atoms with Crippen molar-refractivity contribution in [1.29, 1.82) is 0 Å². The van der Waals surface area contributed by atoms with E-state index in [9.17, 15) is 14.4 Å². The van der Waals surface area contributed by atoms with Crippen LogP contribution in [0.2, 0.25) is 0 Å². The second kappa shape index (κ2) is 9.17. The van der Waals surface area contributed by atoms with Crippen molar-refractivity contribution < 1.29 is 19.5 Å². The molecule has 1 atom stereocenters. The van der Waals surface area contributed by atoms with Crippen molar-refractivity contribution in [3.05, 3.63) is 0 Å². The number of carboxylic acid groups (broad SMARTS) is 1. The summed E-state index contributed by atoms with van der Waals surface area (Å²) in [5.74, 6) is -0.875. The van der Waals surface area contributed by atoms with Gasteiger partial charge < -0.3 is 20.6 Å². The molecule has 0 saturated carbocycles. The van der Waals surface area contributed by atoms with E-state index in [1.54, 1.807) is 0 Å². The van der Waals surface area contributed by atoms with E-state index in [1.807, 2.05) is 13.8 Å². The van der Waals surface area contributed by atoms with E-state index in [0.717, 1.165) is 6.42 Å². The van der Waals surface area contributed by atoms with Gasteiger partial charge in [-0.1, -0.05) is 13.8 Å². The van der Waals surface area contributed by atoms with Gasteiger partial charge in [0.1, 0.15) is 6.54 Å². The number of likely N-dealkylation sites (N-methyl/N-ethyl adjacent to an activating group) is 2. The first-order valence-electron chi connectivity index (χ1n) is 6.67. The van der Waals surface area contributed by atoms with Crippen LogP contribution in [0.3, 0.4) is 0 Å². The maximum absolute atomic E-state index is 11.8. The molecule has 7 heteroatoms. The summed E-state index contributed by atoms with van der Waals surface area (Å²) in [4.78, 5) is 34.9. The SMILES string of the molecule is CNC(=O)CN(C)C(=O)NCC(CC(=O)O)CC(C)C. The molecule has 20 heavy (non-hydrogen) atoms. The summed E-state index contributed by atoms with van der Waals surface area (Å²) in [5, 5.41) is 13.9. The minimum Gasteiger partial charge on any atom is -0.481 e. The summed E-state index contributed by atoms with van der Waals surface area (Å²) in [6.07, 6.45) is 0.753.